The van der Waals surface area contributed by atoms with Crippen LogP contribution in [0.2, 0.25) is 0 Å². The first-order valence-corrected chi connectivity index (χ1v) is 15.2. The lowest BCUT2D eigenvalue weighted by Gasteiger charge is -2.27. The zero-order valence-corrected chi connectivity index (χ0v) is 23.4. The molecule has 1 atom stereocenters. The molecule has 1 aromatic heterocycles. The molecule has 9 nitrogen and oxygen atoms in total. The molecule has 5 rings (SSSR count). The summed E-state index contributed by atoms with van der Waals surface area (Å²) in [5.74, 6) is 0.964. The molecule has 1 aliphatic heterocycles. The van der Waals surface area contributed by atoms with Gasteiger partial charge in [-0.1, -0.05) is 18.9 Å². The minimum absolute atomic E-state index is 0.0366. The van der Waals surface area contributed by atoms with Gasteiger partial charge in [-0.15, -0.1) is 0 Å². The van der Waals surface area contributed by atoms with Gasteiger partial charge in [0.05, 0.1) is 18.6 Å². The first-order chi connectivity index (χ1) is 19.4. The van der Waals surface area contributed by atoms with Crippen molar-refractivity contribution in [3.63, 3.8) is 0 Å². The quantitative estimate of drug-likeness (QED) is 0.333. The Hall–Kier alpha value is -3.63. The molecule has 2 aliphatic rings. The normalized spacial score (nSPS) is 17.5. The number of carbonyl (C=O) groups is 1. The largest absolute Gasteiger partial charge is 0.493 e. The number of nitrogens with zero attached hydrogens (tertiary/aromatic N) is 2. The van der Waals surface area contributed by atoms with Crippen LogP contribution in [0.15, 0.2) is 71.9 Å². The molecule has 2 fully saturated rings. The van der Waals surface area contributed by atoms with E-state index >= 15 is 0 Å². The lowest BCUT2D eigenvalue weighted by atomic mass is 10.0. The monoisotopic (exact) mass is 565 g/mol. The average Bonchev–Trinajstić information content (AvgIpc) is 3.67. The number of nitrogens with one attached hydrogen (secondary N) is 1. The second-order valence-electron chi connectivity index (χ2n) is 10.2. The van der Waals surface area contributed by atoms with E-state index in [1.807, 2.05) is 35.2 Å². The topological polar surface area (TPSA) is 107 Å². The Labute approximate surface area is 235 Å². The molecule has 1 N–H and O–H groups in total. The zero-order valence-electron chi connectivity index (χ0n) is 22.6. The van der Waals surface area contributed by atoms with Gasteiger partial charge in [0.15, 0.2) is 17.8 Å². The van der Waals surface area contributed by atoms with Crippen LogP contribution in [0.25, 0.3) is 0 Å². The van der Waals surface area contributed by atoms with Crippen molar-refractivity contribution in [2.75, 3.05) is 18.6 Å². The standard InChI is InChI=1S/C30H35N3O6S/c1-37-27-15-12-25(19-28(27)39-30-9-5-17-38-30)33(21-23-8-4-16-31-20-23)24-10-13-26(14-11-24)40(35,36)32-29(34)18-22-6-2-3-7-22/h4,8,10-16,19-20,22,30H,2-3,5-7,9,17-18,21H2,1H3,(H,32,34). The Kier molecular flexibility index (Phi) is 8.86. The van der Waals surface area contributed by atoms with Crippen LogP contribution in [0, 0.1) is 5.92 Å². The van der Waals surface area contributed by atoms with Gasteiger partial charge in [0.1, 0.15) is 0 Å². The first-order valence-electron chi connectivity index (χ1n) is 13.7. The molecule has 3 aromatic rings. The van der Waals surface area contributed by atoms with Crippen LogP contribution < -0.4 is 19.1 Å². The van der Waals surface area contributed by atoms with Gasteiger partial charge < -0.3 is 19.1 Å². The fourth-order valence-corrected chi connectivity index (χ4v) is 6.24. The smallest absolute Gasteiger partial charge is 0.264 e. The highest BCUT2D eigenvalue weighted by Crippen LogP contribution is 2.37. The van der Waals surface area contributed by atoms with E-state index in [0.717, 1.165) is 55.5 Å². The molecule has 0 spiro atoms. The van der Waals surface area contributed by atoms with Gasteiger partial charge in [0, 0.05) is 49.2 Å². The van der Waals surface area contributed by atoms with E-state index in [4.69, 9.17) is 14.2 Å². The molecule has 40 heavy (non-hydrogen) atoms. The van der Waals surface area contributed by atoms with E-state index in [1.54, 1.807) is 31.6 Å². The van der Waals surface area contributed by atoms with Crippen LogP contribution in [0.5, 0.6) is 11.5 Å². The number of ether oxygens (including phenoxy) is 3. The van der Waals surface area contributed by atoms with Crippen molar-refractivity contribution in [2.45, 2.75) is 62.7 Å². The van der Waals surface area contributed by atoms with Gasteiger partial charge in [-0.2, -0.15) is 0 Å². The minimum atomic E-state index is -3.97. The summed E-state index contributed by atoms with van der Waals surface area (Å²) in [7, 11) is -2.38. The fourth-order valence-electron chi connectivity index (χ4n) is 5.25. The van der Waals surface area contributed by atoms with Crippen molar-refractivity contribution in [2.24, 2.45) is 5.92 Å². The fraction of sp³-hybridized carbons (Fsp3) is 0.400. The van der Waals surface area contributed by atoms with Crippen LogP contribution >= 0.6 is 0 Å². The Morgan fingerprint density at radius 1 is 1.02 bits per heavy atom. The summed E-state index contributed by atoms with van der Waals surface area (Å²) in [4.78, 5) is 18.7. The van der Waals surface area contributed by atoms with Crippen molar-refractivity contribution in [3.05, 3.63) is 72.6 Å². The summed E-state index contributed by atoms with van der Waals surface area (Å²) in [6, 6.07) is 16.0. The maximum Gasteiger partial charge on any atom is 0.264 e. The van der Waals surface area contributed by atoms with Crippen LogP contribution in [0.3, 0.4) is 0 Å². The molecule has 212 valence electrons. The highest BCUT2D eigenvalue weighted by atomic mass is 32.2. The summed E-state index contributed by atoms with van der Waals surface area (Å²) in [6.45, 7) is 1.14. The van der Waals surface area contributed by atoms with Crippen LogP contribution in [0.4, 0.5) is 11.4 Å². The minimum Gasteiger partial charge on any atom is -0.493 e. The number of anilines is 2. The summed E-state index contributed by atoms with van der Waals surface area (Å²) in [5, 5.41) is 0. The molecule has 2 heterocycles. The van der Waals surface area contributed by atoms with Crippen molar-refractivity contribution >= 4 is 27.3 Å². The number of benzene rings is 2. The van der Waals surface area contributed by atoms with Crippen LogP contribution in [0.1, 0.15) is 50.5 Å². The van der Waals surface area contributed by atoms with E-state index in [1.165, 1.54) is 12.1 Å². The summed E-state index contributed by atoms with van der Waals surface area (Å²) in [6.07, 6.45) is 9.30. The number of amides is 1. The van der Waals surface area contributed by atoms with Gasteiger partial charge in [0.25, 0.3) is 10.0 Å². The van der Waals surface area contributed by atoms with Crippen molar-refractivity contribution in [1.29, 1.82) is 0 Å². The Balaban J connectivity index is 1.40. The average molecular weight is 566 g/mol. The zero-order chi connectivity index (χ0) is 28.0. The van der Waals surface area contributed by atoms with E-state index < -0.39 is 15.9 Å². The molecular formula is C30H35N3O6S. The number of rotatable bonds is 11. The van der Waals surface area contributed by atoms with E-state index in [-0.39, 0.29) is 23.5 Å². The van der Waals surface area contributed by atoms with E-state index in [2.05, 4.69) is 9.71 Å². The third-order valence-corrected chi connectivity index (χ3v) is 8.71. The molecule has 0 radical (unpaired) electrons. The molecule has 1 aliphatic carbocycles. The van der Waals surface area contributed by atoms with Gasteiger partial charge >= 0.3 is 0 Å². The number of aromatic nitrogens is 1. The molecule has 2 aromatic carbocycles. The lowest BCUT2D eigenvalue weighted by molar-refractivity contribution is -0.120. The molecule has 1 amide bonds. The molecule has 0 bridgehead atoms. The van der Waals surface area contributed by atoms with Crippen LogP contribution in [-0.2, 0) is 26.1 Å². The Morgan fingerprint density at radius 3 is 2.48 bits per heavy atom. The highest BCUT2D eigenvalue weighted by Gasteiger charge is 2.24. The maximum absolute atomic E-state index is 12.9. The van der Waals surface area contributed by atoms with E-state index in [9.17, 15) is 13.2 Å². The molecule has 1 saturated heterocycles. The van der Waals surface area contributed by atoms with Gasteiger partial charge in [-0.25, -0.2) is 13.1 Å². The van der Waals surface area contributed by atoms with Gasteiger partial charge in [-0.05, 0) is 73.2 Å². The second-order valence-corrected chi connectivity index (χ2v) is 11.9. The van der Waals surface area contributed by atoms with Gasteiger partial charge in [-0.3, -0.25) is 9.78 Å². The predicted molar refractivity (Wildman–Crippen MR) is 151 cm³/mol. The van der Waals surface area contributed by atoms with Crippen molar-refractivity contribution in [1.82, 2.24) is 9.71 Å². The van der Waals surface area contributed by atoms with Gasteiger partial charge in [0.2, 0.25) is 5.91 Å². The third kappa shape index (κ3) is 6.92. The molecular weight excluding hydrogens is 530 g/mol. The molecule has 1 unspecified atom stereocenters. The number of hydrogen-bond donors (Lipinski definition) is 1. The van der Waals surface area contributed by atoms with Crippen molar-refractivity contribution in [3.8, 4) is 11.5 Å². The molecule has 10 heteroatoms. The number of hydrogen-bond acceptors (Lipinski definition) is 8. The Morgan fingerprint density at radius 2 is 1.80 bits per heavy atom. The number of carbonyl (C=O) groups excluding carboxylic acids is 1. The maximum atomic E-state index is 12.9. The highest BCUT2D eigenvalue weighted by molar-refractivity contribution is 7.90. The first kappa shape index (κ1) is 27.9. The molecule has 1 saturated carbocycles. The van der Waals surface area contributed by atoms with Crippen molar-refractivity contribution < 1.29 is 27.4 Å². The van der Waals surface area contributed by atoms with Crippen LogP contribution in [-0.4, -0.2) is 39.3 Å². The number of pyridine rings is 1. The Bertz CT molecular complexity index is 1390. The lowest BCUT2D eigenvalue weighted by Crippen LogP contribution is -2.31. The summed E-state index contributed by atoms with van der Waals surface area (Å²) in [5.41, 5.74) is 2.54. The SMILES string of the molecule is COc1ccc(N(Cc2cccnc2)c2ccc(S(=O)(=O)NC(=O)CC3CCCC3)cc2)cc1OC1CCCO1. The number of methoxy groups -OCH3 is 1. The summed E-state index contributed by atoms with van der Waals surface area (Å²) >= 11 is 0. The third-order valence-electron chi connectivity index (χ3n) is 7.32. The van der Waals surface area contributed by atoms with E-state index in [0.29, 0.717) is 24.7 Å². The second kappa shape index (κ2) is 12.7. The predicted octanol–water partition coefficient (Wildman–Crippen LogP) is 5.33. The summed E-state index contributed by atoms with van der Waals surface area (Å²) < 4.78 is 45.4. The number of sulfonamides is 1.